The van der Waals surface area contributed by atoms with E-state index in [2.05, 4.69) is 31.4 Å². The van der Waals surface area contributed by atoms with E-state index in [1.165, 1.54) is 6.08 Å². The smallest absolute Gasteiger partial charge is 0.328 e. The van der Waals surface area contributed by atoms with E-state index in [0.29, 0.717) is 29.6 Å². The second kappa shape index (κ2) is 8.09. The highest BCUT2D eigenvalue weighted by Crippen LogP contribution is 2.12. The van der Waals surface area contributed by atoms with Gasteiger partial charge in [0.25, 0.3) is 0 Å². The Hall–Kier alpha value is -2.30. The van der Waals surface area contributed by atoms with Gasteiger partial charge in [-0.1, -0.05) is 32.9 Å². The number of aliphatic carboxylic acids is 1. The minimum absolute atomic E-state index is 0.262. The summed E-state index contributed by atoms with van der Waals surface area (Å²) >= 11 is 0. The Morgan fingerprint density at radius 1 is 1.29 bits per heavy atom. The van der Waals surface area contributed by atoms with Crippen LogP contribution in [0.3, 0.4) is 0 Å². The fourth-order valence-electron chi connectivity index (χ4n) is 1.55. The Morgan fingerprint density at radius 3 is 2.62 bits per heavy atom. The molecule has 0 heterocycles. The van der Waals surface area contributed by atoms with Crippen LogP contribution in [0.4, 0.5) is 10.5 Å². The molecule has 0 saturated carbocycles. The summed E-state index contributed by atoms with van der Waals surface area (Å²) in [4.78, 5) is 22.3. The van der Waals surface area contributed by atoms with Crippen LogP contribution in [0.5, 0.6) is 0 Å². The second-order valence-electron chi connectivity index (χ2n) is 5.35. The number of rotatable bonds is 6. The van der Waals surface area contributed by atoms with Crippen LogP contribution in [-0.2, 0) is 4.79 Å². The lowest BCUT2D eigenvalue weighted by molar-refractivity contribution is -0.131. The number of carboxylic acid groups (broad SMARTS) is 1. The van der Waals surface area contributed by atoms with Crippen molar-refractivity contribution in [3.05, 3.63) is 35.9 Å². The van der Waals surface area contributed by atoms with Gasteiger partial charge in [-0.3, -0.25) is 0 Å². The number of anilines is 1. The minimum Gasteiger partial charge on any atom is -0.478 e. The molecule has 5 heteroatoms. The molecule has 21 heavy (non-hydrogen) atoms. The normalized spacial score (nSPS) is 12.4. The van der Waals surface area contributed by atoms with Crippen molar-refractivity contribution in [2.24, 2.45) is 11.8 Å². The zero-order chi connectivity index (χ0) is 15.8. The molecule has 1 unspecified atom stereocenters. The van der Waals surface area contributed by atoms with Crippen LogP contribution in [-0.4, -0.2) is 23.7 Å². The van der Waals surface area contributed by atoms with E-state index in [9.17, 15) is 9.59 Å². The number of carbonyl (C=O) groups is 2. The highest BCUT2D eigenvalue weighted by Gasteiger charge is 2.09. The number of carboxylic acids is 1. The van der Waals surface area contributed by atoms with E-state index in [-0.39, 0.29) is 6.03 Å². The predicted molar refractivity (Wildman–Crippen MR) is 84.1 cm³/mol. The molecule has 0 aliphatic rings. The summed E-state index contributed by atoms with van der Waals surface area (Å²) in [6, 6.07) is 6.73. The van der Waals surface area contributed by atoms with E-state index in [0.717, 1.165) is 6.08 Å². The first-order valence-electron chi connectivity index (χ1n) is 6.94. The largest absolute Gasteiger partial charge is 0.478 e. The van der Waals surface area contributed by atoms with Gasteiger partial charge in [0.1, 0.15) is 0 Å². The number of benzene rings is 1. The number of amides is 2. The van der Waals surface area contributed by atoms with E-state index in [4.69, 9.17) is 5.11 Å². The fraction of sp³-hybridized carbons (Fsp3) is 0.375. The van der Waals surface area contributed by atoms with Gasteiger partial charge in [0.15, 0.2) is 0 Å². The second-order valence-corrected chi connectivity index (χ2v) is 5.35. The number of carbonyl (C=O) groups excluding carboxylic acids is 1. The van der Waals surface area contributed by atoms with Gasteiger partial charge in [0.05, 0.1) is 0 Å². The molecule has 1 aromatic carbocycles. The van der Waals surface area contributed by atoms with Crippen LogP contribution in [0, 0.1) is 11.8 Å². The van der Waals surface area contributed by atoms with E-state index < -0.39 is 5.97 Å². The van der Waals surface area contributed by atoms with Gasteiger partial charge in [-0.2, -0.15) is 0 Å². The molecule has 0 fully saturated rings. The van der Waals surface area contributed by atoms with Crippen molar-refractivity contribution < 1.29 is 14.7 Å². The standard InChI is InChI=1S/C16H22N2O3/c1-11(2)12(3)10-17-16(21)18-14-6-4-5-13(9-14)7-8-15(19)20/h4-9,11-12H,10H2,1-3H3,(H,19,20)(H2,17,18,21)/b8-7+. The molecule has 0 spiro atoms. The summed E-state index contributed by atoms with van der Waals surface area (Å²) in [7, 11) is 0. The van der Waals surface area contributed by atoms with Gasteiger partial charge in [-0.15, -0.1) is 0 Å². The molecule has 5 nitrogen and oxygen atoms in total. The predicted octanol–water partition coefficient (Wildman–Crippen LogP) is 3.20. The third-order valence-electron chi connectivity index (χ3n) is 3.29. The molecule has 114 valence electrons. The molecule has 2 amide bonds. The van der Waals surface area contributed by atoms with Crippen molar-refractivity contribution in [2.75, 3.05) is 11.9 Å². The third kappa shape index (κ3) is 6.61. The van der Waals surface area contributed by atoms with E-state index in [1.807, 2.05) is 0 Å². The Balaban J connectivity index is 2.56. The molecule has 1 atom stereocenters. The molecule has 0 saturated heterocycles. The number of hydrogen-bond donors (Lipinski definition) is 3. The maximum atomic E-state index is 11.8. The Labute approximate surface area is 125 Å². The minimum atomic E-state index is -1.01. The van der Waals surface area contributed by atoms with Gasteiger partial charge < -0.3 is 15.7 Å². The van der Waals surface area contributed by atoms with Crippen LogP contribution >= 0.6 is 0 Å². The van der Waals surface area contributed by atoms with Crippen LogP contribution in [0.25, 0.3) is 6.08 Å². The van der Waals surface area contributed by atoms with Gasteiger partial charge in [0.2, 0.25) is 0 Å². The summed E-state index contributed by atoms with van der Waals surface area (Å²) < 4.78 is 0. The molecule has 0 aromatic heterocycles. The lowest BCUT2D eigenvalue weighted by Gasteiger charge is -2.16. The van der Waals surface area contributed by atoms with Crippen molar-refractivity contribution in [1.29, 1.82) is 0 Å². The molecular weight excluding hydrogens is 268 g/mol. The van der Waals surface area contributed by atoms with Crippen molar-refractivity contribution in [2.45, 2.75) is 20.8 Å². The van der Waals surface area contributed by atoms with Crippen molar-refractivity contribution in [1.82, 2.24) is 5.32 Å². The van der Waals surface area contributed by atoms with Gasteiger partial charge in [-0.25, -0.2) is 9.59 Å². The van der Waals surface area contributed by atoms with Crippen molar-refractivity contribution >= 4 is 23.8 Å². The lowest BCUT2D eigenvalue weighted by atomic mass is 9.98. The van der Waals surface area contributed by atoms with Gasteiger partial charge in [0, 0.05) is 18.3 Å². The molecule has 0 bridgehead atoms. The number of urea groups is 1. The molecule has 0 radical (unpaired) electrons. The van der Waals surface area contributed by atoms with Crippen LogP contribution in [0.2, 0.25) is 0 Å². The van der Waals surface area contributed by atoms with Crippen molar-refractivity contribution in [3.63, 3.8) is 0 Å². The van der Waals surface area contributed by atoms with Crippen LogP contribution in [0.1, 0.15) is 26.3 Å². The zero-order valence-corrected chi connectivity index (χ0v) is 12.6. The van der Waals surface area contributed by atoms with Crippen LogP contribution < -0.4 is 10.6 Å². The monoisotopic (exact) mass is 290 g/mol. The maximum absolute atomic E-state index is 11.8. The van der Waals surface area contributed by atoms with E-state index >= 15 is 0 Å². The Morgan fingerprint density at radius 2 is 2.00 bits per heavy atom. The molecule has 1 aromatic rings. The van der Waals surface area contributed by atoms with E-state index in [1.54, 1.807) is 24.3 Å². The average molecular weight is 290 g/mol. The highest BCUT2D eigenvalue weighted by atomic mass is 16.4. The third-order valence-corrected chi connectivity index (χ3v) is 3.29. The number of hydrogen-bond acceptors (Lipinski definition) is 2. The maximum Gasteiger partial charge on any atom is 0.328 e. The zero-order valence-electron chi connectivity index (χ0n) is 12.6. The quantitative estimate of drug-likeness (QED) is 0.704. The van der Waals surface area contributed by atoms with Gasteiger partial charge >= 0.3 is 12.0 Å². The summed E-state index contributed by atoms with van der Waals surface area (Å²) in [5.74, 6) is -0.0934. The topological polar surface area (TPSA) is 78.4 Å². The number of nitrogens with one attached hydrogen (secondary N) is 2. The Kier molecular flexibility index (Phi) is 6.46. The van der Waals surface area contributed by atoms with Gasteiger partial charge in [-0.05, 0) is 35.6 Å². The fourth-order valence-corrected chi connectivity index (χ4v) is 1.55. The summed E-state index contributed by atoms with van der Waals surface area (Å²) in [6.07, 6.45) is 2.54. The van der Waals surface area contributed by atoms with Crippen molar-refractivity contribution in [3.8, 4) is 0 Å². The molecule has 3 N–H and O–H groups in total. The summed E-state index contributed by atoms with van der Waals surface area (Å²) in [5.41, 5.74) is 1.34. The molecule has 0 aliphatic carbocycles. The SMILES string of the molecule is CC(C)C(C)CNC(=O)Nc1cccc(/C=C/C(=O)O)c1. The summed E-state index contributed by atoms with van der Waals surface area (Å²) in [6.45, 7) is 6.93. The Bertz CT molecular complexity index is 524. The first kappa shape index (κ1) is 16.8. The molecular formula is C16H22N2O3. The average Bonchev–Trinajstić information content (AvgIpc) is 2.42. The lowest BCUT2D eigenvalue weighted by Crippen LogP contribution is -2.33. The highest BCUT2D eigenvalue weighted by molar-refractivity contribution is 5.90. The molecule has 1 rings (SSSR count). The molecule has 0 aliphatic heterocycles. The first-order valence-corrected chi connectivity index (χ1v) is 6.94. The first-order chi connectivity index (χ1) is 9.88. The van der Waals surface area contributed by atoms with Crippen LogP contribution in [0.15, 0.2) is 30.3 Å². The summed E-state index contributed by atoms with van der Waals surface area (Å²) in [5, 5.41) is 14.1.